The zero-order valence-electron chi connectivity index (χ0n) is 19.0. The number of methoxy groups -OCH3 is 1. The molecule has 4 atom stereocenters. The summed E-state index contributed by atoms with van der Waals surface area (Å²) in [6, 6.07) is 2.91. The normalized spacial score (nSPS) is 31.7. The van der Waals surface area contributed by atoms with E-state index in [0.717, 1.165) is 6.42 Å². The highest BCUT2D eigenvalue weighted by molar-refractivity contribution is 6.45. The van der Waals surface area contributed by atoms with E-state index in [2.05, 4.69) is 20.8 Å². The summed E-state index contributed by atoms with van der Waals surface area (Å²) < 4.78 is 38.2. The van der Waals surface area contributed by atoms with E-state index in [1.54, 1.807) is 26.8 Å². The van der Waals surface area contributed by atoms with Gasteiger partial charge in [0.05, 0.1) is 18.8 Å². The Bertz CT molecular complexity index is 864. The summed E-state index contributed by atoms with van der Waals surface area (Å²) >= 11 is 0. The van der Waals surface area contributed by atoms with Gasteiger partial charge in [-0.3, -0.25) is 0 Å². The van der Waals surface area contributed by atoms with Crippen LogP contribution in [0.25, 0.3) is 0 Å². The highest BCUT2D eigenvalue weighted by Crippen LogP contribution is 2.65. The molecule has 0 amide bonds. The molecule has 5 rings (SSSR count). The van der Waals surface area contributed by atoms with Crippen molar-refractivity contribution in [3.63, 3.8) is 0 Å². The third kappa shape index (κ3) is 3.34. The molecule has 0 radical (unpaired) electrons. The van der Waals surface area contributed by atoms with Crippen LogP contribution in [-0.2, 0) is 20.4 Å². The summed E-state index contributed by atoms with van der Waals surface area (Å²) in [5.41, 5.74) is -0.306. The average Bonchev–Trinajstić information content (AvgIpc) is 2.96. The maximum Gasteiger partial charge on any atom is 0.462 e. The van der Waals surface area contributed by atoms with Crippen LogP contribution in [0.1, 0.15) is 70.3 Å². The number of carbonyl (C=O) groups excluding carboxylic acids is 1. The van der Waals surface area contributed by atoms with E-state index >= 15 is 0 Å². The monoisotopic (exact) mass is 418 g/mol. The Morgan fingerprint density at radius 3 is 2.57 bits per heavy atom. The predicted octanol–water partition coefficient (Wildman–Crippen LogP) is 4.60. The molecule has 0 spiro atoms. The Balaban J connectivity index is 1.57. The second kappa shape index (κ2) is 6.96. The van der Waals surface area contributed by atoms with Crippen LogP contribution in [0.3, 0.4) is 0 Å². The minimum atomic E-state index is -0.741. The van der Waals surface area contributed by atoms with Crippen LogP contribution in [0.5, 0.6) is 5.75 Å². The molecule has 0 unspecified atom stereocenters. The van der Waals surface area contributed by atoms with Crippen LogP contribution in [0, 0.1) is 23.1 Å². The van der Waals surface area contributed by atoms with Crippen molar-refractivity contribution in [1.29, 1.82) is 0 Å². The van der Waals surface area contributed by atoms with Crippen LogP contribution in [0.2, 0.25) is 0 Å². The topological polar surface area (TPSA) is 54.0 Å². The maximum absolute atomic E-state index is 14.6. The number of halogens is 1. The van der Waals surface area contributed by atoms with Crippen molar-refractivity contribution in [3.8, 4) is 5.75 Å². The molecule has 2 bridgehead atoms. The number of hydrogen-bond donors (Lipinski definition) is 0. The van der Waals surface area contributed by atoms with Gasteiger partial charge in [0.2, 0.25) is 0 Å². The number of hydrogen-bond acceptors (Lipinski definition) is 5. The van der Waals surface area contributed by atoms with Crippen molar-refractivity contribution in [2.24, 2.45) is 17.3 Å². The van der Waals surface area contributed by atoms with E-state index in [1.807, 2.05) is 0 Å². The SMILES string of the molecule is COc1c(CB2O[C@@H]3C[C@@H]4C[C@@H](C4(C)C)[C@]3(C)O2)ccc(F)c1C(=O)OC(C)(C)C. The summed E-state index contributed by atoms with van der Waals surface area (Å²) in [5.74, 6) is -0.0918. The summed E-state index contributed by atoms with van der Waals surface area (Å²) in [5, 5.41) is 0. The van der Waals surface area contributed by atoms with Crippen molar-refractivity contribution in [2.75, 3.05) is 7.11 Å². The molecule has 1 heterocycles. The lowest BCUT2D eigenvalue weighted by molar-refractivity contribution is -0.199. The van der Waals surface area contributed by atoms with E-state index in [9.17, 15) is 9.18 Å². The van der Waals surface area contributed by atoms with Gasteiger partial charge in [-0.2, -0.15) is 0 Å². The molecule has 1 aromatic carbocycles. The molecule has 7 heteroatoms. The van der Waals surface area contributed by atoms with Crippen molar-refractivity contribution in [1.82, 2.24) is 0 Å². The first kappa shape index (κ1) is 21.6. The second-order valence-corrected chi connectivity index (χ2v) is 10.7. The van der Waals surface area contributed by atoms with Gasteiger partial charge < -0.3 is 18.8 Å². The first-order valence-electron chi connectivity index (χ1n) is 10.8. The van der Waals surface area contributed by atoms with Gasteiger partial charge in [-0.1, -0.05) is 19.9 Å². The fourth-order valence-corrected chi connectivity index (χ4v) is 5.73. The summed E-state index contributed by atoms with van der Waals surface area (Å²) in [4.78, 5) is 12.6. The Morgan fingerprint density at radius 1 is 1.27 bits per heavy atom. The van der Waals surface area contributed by atoms with Gasteiger partial charge in [0, 0.05) is 6.32 Å². The first-order valence-corrected chi connectivity index (χ1v) is 10.8. The standard InChI is InChI=1S/C23H32BFO5/c1-21(2,3)28-20(26)18-15(25)9-8-13(19(18)27-7)12-24-29-17-11-14-10-16(22(14,4)5)23(17,6)30-24/h8-9,14,16-17H,10-12H2,1-7H3/t14-,16-,17+,23-/m0/s1. The van der Waals surface area contributed by atoms with Crippen LogP contribution >= 0.6 is 0 Å². The lowest BCUT2D eigenvalue weighted by Crippen LogP contribution is -2.65. The van der Waals surface area contributed by atoms with Gasteiger partial charge in [0.1, 0.15) is 22.7 Å². The molecular formula is C23H32BFO5. The van der Waals surface area contributed by atoms with E-state index < -0.39 is 24.5 Å². The van der Waals surface area contributed by atoms with E-state index in [4.69, 9.17) is 18.8 Å². The second-order valence-electron chi connectivity index (χ2n) is 10.7. The average molecular weight is 418 g/mol. The molecule has 0 N–H and O–H groups in total. The van der Waals surface area contributed by atoms with Gasteiger partial charge in [0.25, 0.3) is 0 Å². The Hall–Kier alpha value is -1.60. The molecule has 164 valence electrons. The van der Waals surface area contributed by atoms with Gasteiger partial charge in [-0.15, -0.1) is 0 Å². The molecule has 0 aromatic heterocycles. The van der Waals surface area contributed by atoms with Crippen LogP contribution in [-0.4, -0.2) is 37.5 Å². The molecular weight excluding hydrogens is 386 g/mol. The highest BCUT2D eigenvalue weighted by Gasteiger charge is 2.67. The minimum Gasteiger partial charge on any atom is -0.495 e. The number of rotatable bonds is 4. The molecule has 3 saturated carbocycles. The molecule has 1 aromatic rings. The van der Waals surface area contributed by atoms with Gasteiger partial charge in [-0.05, 0) is 69.4 Å². The van der Waals surface area contributed by atoms with Crippen molar-refractivity contribution < 1.29 is 28.0 Å². The van der Waals surface area contributed by atoms with Crippen molar-refractivity contribution >= 4 is 13.1 Å². The molecule has 30 heavy (non-hydrogen) atoms. The van der Waals surface area contributed by atoms with E-state index in [0.29, 0.717) is 23.7 Å². The number of esters is 1. The zero-order chi connectivity index (χ0) is 22.1. The van der Waals surface area contributed by atoms with Crippen LogP contribution in [0.4, 0.5) is 4.39 Å². The quantitative estimate of drug-likeness (QED) is 0.529. The summed E-state index contributed by atoms with van der Waals surface area (Å²) in [7, 11) is 0.974. The fraction of sp³-hybridized carbons (Fsp3) is 0.696. The zero-order valence-corrected chi connectivity index (χ0v) is 19.0. The van der Waals surface area contributed by atoms with E-state index in [-0.39, 0.29) is 28.4 Å². The predicted molar refractivity (Wildman–Crippen MR) is 112 cm³/mol. The van der Waals surface area contributed by atoms with Gasteiger partial charge in [0.15, 0.2) is 0 Å². The smallest absolute Gasteiger partial charge is 0.462 e. The molecule has 5 nitrogen and oxygen atoms in total. The first-order chi connectivity index (χ1) is 13.9. The number of carbonyl (C=O) groups is 1. The third-order valence-corrected chi connectivity index (χ3v) is 7.38. The molecule has 1 saturated heterocycles. The lowest BCUT2D eigenvalue weighted by Gasteiger charge is -2.64. The molecule has 4 fully saturated rings. The Labute approximate surface area is 178 Å². The number of benzene rings is 1. The van der Waals surface area contributed by atoms with Crippen molar-refractivity contribution in [2.45, 2.75) is 78.0 Å². The number of ether oxygens (including phenoxy) is 2. The molecule has 1 aliphatic heterocycles. The summed E-state index contributed by atoms with van der Waals surface area (Å²) in [6.07, 6.45) is 2.62. The van der Waals surface area contributed by atoms with Crippen LogP contribution < -0.4 is 4.74 Å². The van der Waals surface area contributed by atoms with E-state index in [1.165, 1.54) is 19.6 Å². The largest absolute Gasteiger partial charge is 0.495 e. The van der Waals surface area contributed by atoms with Gasteiger partial charge in [-0.25, -0.2) is 9.18 Å². The summed E-state index contributed by atoms with van der Waals surface area (Å²) in [6.45, 7) is 12.0. The Kier molecular flexibility index (Phi) is 5.02. The molecule has 3 aliphatic carbocycles. The van der Waals surface area contributed by atoms with Crippen molar-refractivity contribution in [3.05, 3.63) is 29.1 Å². The maximum atomic E-state index is 14.6. The fourth-order valence-electron chi connectivity index (χ4n) is 5.73. The Morgan fingerprint density at radius 2 is 1.97 bits per heavy atom. The van der Waals surface area contributed by atoms with Gasteiger partial charge >= 0.3 is 13.1 Å². The van der Waals surface area contributed by atoms with Crippen LogP contribution in [0.15, 0.2) is 12.1 Å². The third-order valence-electron chi connectivity index (χ3n) is 7.38. The minimum absolute atomic E-state index is 0.0658. The lowest BCUT2D eigenvalue weighted by atomic mass is 9.43. The molecule has 4 aliphatic rings. The highest BCUT2D eigenvalue weighted by atomic mass is 19.1.